The third-order valence-electron chi connectivity index (χ3n) is 4.65. The predicted molar refractivity (Wildman–Crippen MR) is 67.5 cm³/mol. The van der Waals surface area contributed by atoms with Crippen LogP contribution in [0, 0.1) is 11.8 Å². The summed E-state index contributed by atoms with van der Waals surface area (Å²) in [6.45, 7) is 2.35. The van der Waals surface area contributed by atoms with E-state index in [0.29, 0.717) is 0 Å². The lowest BCUT2D eigenvalue weighted by atomic mass is 9.77. The van der Waals surface area contributed by atoms with Crippen molar-refractivity contribution >= 4 is 5.91 Å². The Bertz CT molecular complexity index is 263. The third-order valence-corrected chi connectivity index (χ3v) is 4.65. The second-order valence-corrected chi connectivity index (χ2v) is 6.09. The van der Waals surface area contributed by atoms with Gasteiger partial charge in [-0.25, -0.2) is 0 Å². The molecule has 2 aliphatic carbocycles. The third kappa shape index (κ3) is 3.01. The molecule has 0 aliphatic heterocycles. The lowest BCUT2D eigenvalue weighted by molar-refractivity contribution is -0.128. The van der Waals surface area contributed by atoms with Gasteiger partial charge < -0.3 is 10.4 Å². The van der Waals surface area contributed by atoms with E-state index in [1.165, 1.54) is 12.8 Å². The van der Waals surface area contributed by atoms with Crippen molar-refractivity contribution in [2.45, 2.75) is 63.8 Å². The zero-order valence-corrected chi connectivity index (χ0v) is 10.9. The van der Waals surface area contributed by atoms with Crippen LogP contribution in [0.3, 0.4) is 0 Å². The SMILES string of the molecule is CC1CCC(CO)(NC(=O)C2CCCC2)CC1. The molecule has 0 heterocycles. The highest BCUT2D eigenvalue weighted by Gasteiger charge is 2.36. The molecule has 0 saturated heterocycles. The average Bonchev–Trinajstić information content (AvgIpc) is 2.86. The molecule has 17 heavy (non-hydrogen) atoms. The maximum Gasteiger partial charge on any atom is 0.223 e. The summed E-state index contributed by atoms with van der Waals surface area (Å²) in [6.07, 6.45) is 8.53. The molecule has 0 spiro atoms. The van der Waals surface area contributed by atoms with Crippen LogP contribution in [0.25, 0.3) is 0 Å². The Morgan fingerprint density at radius 2 is 1.82 bits per heavy atom. The second kappa shape index (κ2) is 5.38. The van der Waals surface area contributed by atoms with Crippen molar-refractivity contribution in [2.24, 2.45) is 11.8 Å². The number of aliphatic hydroxyl groups excluding tert-OH is 1. The summed E-state index contributed by atoms with van der Waals surface area (Å²) in [6, 6.07) is 0. The highest BCUT2D eigenvalue weighted by atomic mass is 16.3. The molecule has 0 aromatic heterocycles. The van der Waals surface area contributed by atoms with E-state index in [9.17, 15) is 9.90 Å². The first kappa shape index (κ1) is 12.9. The molecule has 2 rings (SSSR count). The summed E-state index contributed by atoms with van der Waals surface area (Å²) >= 11 is 0. The highest BCUT2D eigenvalue weighted by Crippen LogP contribution is 2.33. The summed E-state index contributed by atoms with van der Waals surface area (Å²) in [5.41, 5.74) is -0.313. The van der Waals surface area contributed by atoms with Crippen LogP contribution in [0.1, 0.15) is 58.3 Å². The molecule has 0 unspecified atom stereocenters. The van der Waals surface area contributed by atoms with E-state index in [1.54, 1.807) is 0 Å². The molecule has 2 aliphatic rings. The van der Waals surface area contributed by atoms with Crippen LogP contribution in [0.2, 0.25) is 0 Å². The zero-order valence-electron chi connectivity index (χ0n) is 10.9. The van der Waals surface area contributed by atoms with E-state index in [0.717, 1.165) is 44.4 Å². The average molecular weight is 239 g/mol. The fraction of sp³-hybridized carbons (Fsp3) is 0.929. The van der Waals surface area contributed by atoms with E-state index in [4.69, 9.17) is 0 Å². The number of hydrogen-bond donors (Lipinski definition) is 2. The Morgan fingerprint density at radius 3 is 2.35 bits per heavy atom. The van der Waals surface area contributed by atoms with E-state index in [-0.39, 0.29) is 24.0 Å². The smallest absolute Gasteiger partial charge is 0.223 e. The second-order valence-electron chi connectivity index (χ2n) is 6.09. The summed E-state index contributed by atoms with van der Waals surface area (Å²) in [5, 5.41) is 12.8. The summed E-state index contributed by atoms with van der Waals surface area (Å²) in [4.78, 5) is 12.1. The van der Waals surface area contributed by atoms with Gasteiger partial charge in [-0.1, -0.05) is 19.8 Å². The molecule has 3 heteroatoms. The standard InChI is InChI=1S/C14H25NO2/c1-11-6-8-14(10-16,9-7-11)15-13(17)12-4-2-3-5-12/h11-12,16H,2-10H2,1H3,(H,15,17). The Kier molecular flexibility index (Phi) is 4.08. The van der Waals surface area contributed by atoms with Crippen LogP contribution in [-0.4, -0.2) is 23.2 Å². The summed E-state index contributed by atoms with van der Waals surface area (Å²) in [7, 11) is 0. The van der Waals surface area contributed by atoms with E-state index >= 15 is 0 Å². The maximum absolute atomic E-state index is 12.1. The van der Waals surface area contributed by atoms with Gasteiger partial charge in [0.05, 0.1) is 12.1 Å². The number of rotatable bonds is 3. The first-order valence-corrected chi connectivity index (χ1v) is 7.08. The van der Waals surface area contributed by atoms with E-state index in [1.807, 2.05) is 0 Å². The molecule has 98 valence electrons. The van der Waals surface area contributed by atoms with Crippen LogP contribution >= 0.6 is 0 Å². The summed E-state index contributed by atoms with van der Waals surface area (Å²) in [5.74, 6) is 1.13. The summed E-state index contributed by atoms with van der Waals surface area (Å²) < 4.78 is 0. The normalized spacial score (nSPS) is 34.8. The molecule has 2 fully saturated rings. The van der Waals surface area contributed by atoms with Gasteiger partial charge in [0.25, 0.3) is 0 Å². The minimum absolute atomic E-state index is 0.0954. The molecule has 0 atom stereocenters. The van der Waals surface area contributed by atoms with Crippen molar-refractivity contribution in [3.63, 3.8) is 0 Å². The van der Waals surface area contributed by atoms with Gasteiger partial charge in [0, 0.05) is 5.92 Å². The Morgan fingerprint density at radius 1 is 1.24 bits per heavy atom. The lowest BCUT2D eigenvalue weighted by Gasteiger charge is -2.39. The highest BCUT2D eigenvalue weighted by molar-refractivity contribution is 5.79. The van der Waals surface area contributed by atoms with Crippen molar-refractivity contribution in [2.75, 3.05) is 6.61 Å². The van der Waals surface area contributed by atoms with E-state index in [2.05, 4.69) is 12.2 Å². The van der Waals surface area contributed by atoms with Gasteiger partial charge in [-0.3, -0.25) is 4.79 Å². The molecule has 2 N–H and O–H groups in total. The molecule has 0 aromatic carbocycles. The minimum atomic E-state index is -0.313. The molecule has 1 amide bonds. The van der Waals surface area contributed by atoms with Crippen LogP contribution in [-0.2, 0) is 4.79 Å². The number of nitrogens with one attached hydrogen (secondary N) is 1. The number of carbonyl (C=O) groups is 1. The number of hydrogen-bond acceptors (Lipinski definition) is 2. The zero-order chi connectivity index (χ0) is 12.3. The monoisotopic (exact) mass is 239 g/mol. The van der Waals surface area contributed by atoms with Gasteiger partial charge in [-0.2, -0.15) is 0 Å². The number of amides is 1. The molecule has 3 nitrogen and oxygen atoms in total. The van der Waals surface area contributed by atoms with Crippen LogP contribution in [0.15, 0.2) is 0 Å². The molecular weight excluding hydrogens is 214 g/mol. The van der Waals surface area contributed by atoms with Crippen molar-refractivity contribution in [3.05, 3.63) is 0 Å². The topological polar surface area (TPSA) is 49.3 Å². The molecular formula is C14H25NO2. The molecule has 0 bridgehead atoms. The first-order chi connectivity index (χ1) is 8.15. The van der Waals surface area contributed by atoms with Gasteiger partial charge in [-0.15, -0.1) is 0 Å². The van der Waals surface area contributed by atoms with Crippen molar-refractivity contribution in [3.8, 4) is 0 Å². The Hall–Kier alpha value is -0.570. The van der Waals surface area contributed by atoms with Crippen LogP contribution in [0.5, 0.6) is 0 Å². The molecule has 0 radical (unpaired) electrons. The van der Waals surface area contributed by atoms with Crippen molar-refractivity contribution < 1.29 is 9.90 Å². The largest absolute Gasteiger partial charge is 0.394 e. The van der Waals surface area contributed by atoms with Crippen LogP contribution < -0.4 is 5.32 Å². The first-order valence-electron chi connectivity index (χ1n) is 7.08. The Labute approximate surface area is 104 Å². The van der Waals surface area contributed by atoms with Crippen molar-refractivity contribution in [1.82, 2.24) is 5.32 Å². The minimum Gasteiger partial charge on any atom is -0.394 e. The van der Waals surface area contributed by atoms with Gasteiger partial charge in [-0.05, 0) is 44.4 Å². The van der Waals surface area contributed by atoms with Gasteiger partial charge in [0.15, 0.2) is 0 Å². The van der Waals surface area contributed by atoms with Gasteiger partial charge in [0.2, 0.25) is 5.91 Å². The van der Waals surface area contributed by atoms with Gasteiger partial charge >= 0.3 is 0 Å². The maximum atomic E-state index is 12.1. The quantitative estimate of drug-likeness (QED) is 0.793. The fourth-order valence-electron chi connectivity index (χ4n) is 3.19. The van der Waals surface area contributed by atoms with E-state index < -0.39 is 0 Å². The lowest BCUT2D eigenvalue weighted by Crippen LogP contribution is -2.54. The molecule has 2 saturated carbocycles. The van der Waals surface area contributed by atoms with Gasteiger partial charge in [0.1, 0.15) is 0 Å². The number of carbonyl (C=O) groups excluding carboxylic acids is 1. The van der Waals surface area contributed by atoms with Crippen LogP contribution in [0.4, 0.5) is 0 Å². The predicted octanol–water partition coefficient (Wildman–Crippen LogP) is 2.23. The molecule has 0 aromatic rings. The fourth-order valence-corrected chi connectivity index (χ4v) is 3.19. The van der Waals surface area contributed by atoms with Crippen molar-refractivity contribution in [1.29, 1.82) is 0 Å². The number of aliphatic hydroxyl groups is 1. The Balaban J connectivity index is 1.92.